The third kappa shape index (κ3) is 4.26. The Morgan fingerprint density at radius 1 is 1.07 bits per heavy atom. The fraction of sp³-hybridized carbons (Fsp3) is 0.129. The van der Waals surface area contributed by atoms with Gasteiger partial charge >= 0.3 is 5.97 Å². The minimum Gasteiger partial charge on any atom is -0.496 e. The predicted octanol–water partition coefficient (Wildman–Crippen LogP) is 5.22. The van der Waals surface area contributed by atoms with Gasteiger partial charge in [-0.2, -0.15) is 0 Å². The van der Waals surface area contributed by atoms with Crippen molar-refractivity contribution in [3.05, 3.63) is 120 Å². The summed E-state index contributed by atoms with van der Waals surface area (Å²) in [5.74, 6) is -0.0892. The summed E-state index contributed by atoms with van der Waals surface area (Å²) in [6, 6.07) is 22.3. The van der Waals surface area contributed by atoms with Gasteiger partial charge in [-0.15, -0.1) is 0 Å². The van der Waals surface area contributed by atoms with Gasteiger partial charge in [0.1, 0.15) is 11.8 Å². The fourth-order valence-electron chi connectivity index (χ4n) is 5.18. The Morgan fingerprint density at radius 3 is 2.58 bits per heavy atom. The number of H-pyrrole nitrogens is 1. The molecule has 3 aromatic carbocycles. The predicted molar refractivity (Wildman–Crippen MR) is 158 cm³/mol. The maximum Gasteiger partial charge on any atom is 0.338 e. The first-order valence-corrected chi connectivity index (χ1v) is 13.7. The normalized spacial score (nSPS) is 15.2. The fourth-order valence-corrected chi connectivity index (χ4v) is 6.39. The molecule has 200 valence electrons. The monoisotopic (exact) mass is 569 g/mol. The Kier molecular flexibility index (Phi) is 6.65. The number of aromatic nitrogens is 2. The van der Waals surface area contributed by atoms with Crippen molar-refractivity contribution in [2.75, 3.05) is 14.2 Å². The van der Waals surface area contributed by atoms with Crippen molar-refractivity contribution in [2.45, 2.75) is 13.0 Å². The van der Waals surface area contributed by atoms with E-state index < -0.39 is 12.0 Å². The number of esters is 1. The highest BCUT2D eigenvalue weighted by atomic mass is 35.5. The zero-order valence-corrected chi connectivity index (χ0v) is 23.5. The van der Waals surface area contributed by atoms with Gasteiger partial charge in [0.15, 0.2) is 4.80 Å². The maximum atomic E-state index is 14.2. The second kappa shape index (κ2) is 10.3. The molecule has 0 amide bonds. The number of halogens is 1. The Bertz CT molecular complexity index is 2000. The number of hydrogen-bond acceptors (Lipinski definition) is 6. The lowest BCUT2D eigenvalue weighted by atomic mass is 9.95. The second-order valence-electron chi connectivity index (χ2n) is 9.28. The van der Waals surface area contributed by atoms with Crippen LogP contribution in [0.3, 0.4) is 0 Å². The number of nitrogens with zero attached hydrogens (tertiary/aromatic N) is 2. The van der Waals surface area contributed by atoms with Gasteiger partial charge in [0, 0.05) is 27.1 Å². The average molecular weight is 570 g/mol. The van der Waals surface area contributed by atoms with Crippen molar-refractivity contribution in [3.8, 4) is 17.0 Å². The average Bonchev–Trinajstić information content (AvgIpc) is 3.49. The molecular formula is C31H24ClN3O4S. The quantitative estimate of drug-likeness (QED) is 0.294. The van der Waals surface area contributed by atoms with Crippen LogP contribution in [-0.2, 0) is 9.53 Å². The van der Waals surface area contributed by atoms with Crippen LogP contribution in [0.15, 0.2) is 93.9 Å². The van der Waals surface area contributed by atoms with E-state index in [-0.39, 0.29) is 11.1 Å². The summed E-state index contributed by atoms with van der Waals surface area (Å²) in [4.78, 5) is 35.9. The van der Waals surface area contributed by atoms with E-state index in [9.17, 15) is 9.59 Å². The van der Waals surface area contributed by atoms with E-state index in [0.29, 0.717) is 31.4 Å². The van der Waals surface area contributed by atoms with Crippen molar-refractivity contribution < 1.29 is 14.3 Å². The smallest absolute Gasteiger partial charge is 0.338 e. The van der Waals surface area contributed by atoms with Gasteiger partial charge in [-0.1, -0.05) is 71.5 Å². The molecule has 0 radical (unpaired) electrons. The van der Waals surface area contributed by atoms with Crippen molar-refractivity contribution in [1.82, 2.24) is 9.55 Å². The largest absolute Gasteiger partial charge is 0.496 e. The lowest BCUT2D eigenvalue weighted by Gasteiger charge is -2.25. The molecule has 0 unspecified atom stereocenters. The van der Waals surface area contributed by atoms with Crippen LogP contribution < -0.4 is 19.6 Å². The first-order chi connectivity index (χ1) is 19.4. The van der Waals surface area contributed by atoms with Crippen molar-refractivity contribution in [1.29, 1.82) is 0 Å². The highest BCUT2D eigenvalue weighted by molar-refractivity contribution is 7.07. The zero-order chi connectivity index (χ0) is 28.0. The molecule has 0 saturated carbocycles. The number of methoxy groups -OCH3 is 2. The van der Waals surface area contributed by atoms with Gasteiger partial charge in [0.25, 0.3) is 5.56 Å². The number of carbonyl (C=O) groups is 1. The summed E-state index contributed by atoms with van der Waals surface area (Å²) in [5.41, 5.74) is 4.76. The van der Waals surface area contributed by atoms with E-state index in [1.165, 1.54) is 30.1 Å². The minimum absolute atomic E-state index is 0.249. The molecule has 0 aliphatic carbocycles. The van der Waals surface area contributed by atoms with E-state index in [1.807, 2.05) is 60.7 Å². The first kappa shape index (κ1) is 25.9. The number of allylic oxidation sites excluding steroid dienone is 1. The third-order valence-corrected chi connectivity index (χ3v) is 8.22. The number of nitrogens with one attached hydrogen (secondary N) is 1. The molecule has 1 aliphatic heterocycles. The van der Waals surface area contributed by atoms with E-state index in [1.54, 1.807) is 25.1 Å². The highest BCUT2D eigenvalue weighted by Gasteiger charge is 2.35. The number of aromatic amines is 1. The van der Waals surface area contributed by atoms with Crippen LogP contribution in [0.25, 0.3) is 28.2 Å². The molecule has 0 fully saturated rings. The number of benzene rings is 3. The SMILES string of the molecule is COC(=O)C1=C(C)N=c2s/c(=C\c3c(-c4ccccc4)[nH]c4ccccc34)c(=O)n2[C@@H]1c1cc(Cl)ccc1OC. The van der Waals surface area contributed by atoms with Crippen molar-refractivity contribution >= 4 is 45.9 Å². The van der Waals surface area contributed by atoms with Crippen LogP contribution >= 0.6 is 22.9 Å². The molecule has 6 rings (SSSR count). The lowest BCUT2D eigenvalue weighted by Crippen LogP contribution is -2.40. The van der Waals surface area contributed by atoms with Gasteiger partial charge in [0.05, 0.1) is 35.7 Å². The molecular weight excluding hydrogens is 546 g/mol. The number of rotatable bonds is 5. The van der Waals surface area contributed by atoms with Crippen LogP contribution in [0.4, 0.5) is 0 Å². The summed E-state index contributed by atoms with van der Waals surface area (Å²) in [6.45, 7) is 1.74. The number of para-hydroxylation sites is 1. The number of fused-ring (bicyclic) bond motifs is 2. The van der Waals surface area contributed by atoms with Gasteiger partial charge in [-0.05, 0) is 42.8 Å². The maximum absolute atomic E-state index is 14.2. The summed E-state index contributed by atoms with van der Waals surface area (Å²) in [7, 11) is 2.84. The van der Waals surface area contributed by atoms with E-state index >= 15 is 0 Å². The standard InChI is InChI=1S/C31H24ClN3O4S/c1-17-26(30(37)39-3)28(22-15-19(32)13-14-24(22)38-2)35-29(36)25(40-31(35)33-17)16-21-20-11-7-8-12-23(20)34-27(21)18-9-5-4-6-10-18/h4-16,28,34H,1-3H3/b25-16-/t28-/m1/s1. The van der Waals surface area contributed by atoms with Crippen molar-refractivity contribution in [3.63, 3.8) is 0 Å². The van der Waals surface area contributed by atoms with Crippen LogP contribution in [0, 0.1) is 0 Å². The van der Waals surface area contributed by atoms with E-state index in [0.717, 1.165) is 27.7 Å². The second-order valence-corrected chi connectivity index (χ2v) is 10.7. The molecule has 0 bridgehead atoms. The van der Waals surface area contributed by atoms with Crippen molar-refractivity contribution in [2.24, 2.45) is 4.99 Å². The zero-order valence-electron chi connectivity index (χ0n) is 21.9. The molecule has 9 heteroatoms. The Morgan fingerprint density at radius 2 is 1.82 bits per heavy atom. The molecule has 1 atom stereocenters. The summed E-state index contributed by atoms with van der Waals surface area (Å²) in [6.07, 6.45) is 1.90. The summed E-state index contributed by atoms with van der Waals surface area (Å²) < 4.78 is 12.7. The topological polar surface area (TPSA) is 85.7 Å². The third-order valence-electron chi connectivity index (χ3n) is 7.00. The van der Waals surface area contributed by atoms with Crippen LogP contribution in [0.2, 0.25) is 5.02 Å². The lowest BCUT2D eigenvalue weighted by molar-refractivity contribution is -0.136. The van der Waals surface area contributed by atoms with Crippen LogP contribution in [-0.4, -0.2) is 29.7 Å². The number of ether oxygens (including phenoxy) is 2. The van der Waals surface area contributed by atoms with E-state index in [4.69, 9.17) is 21.1 Å². The summed E-state index contributed by atoms with van der Waals surface area (Å²) >= 11 is 7.65. The van der Waals surface area contributed by atoms with Gasteiger partial charge in [0.2, 0.25) is 0 Å². The number of carbonyl (C=O) groups excluding carboxylic acids is 1. The number of thiazole rings is 1. The minimum atomic E-state index is -0.837. The Hall–Kier alpha value is -4.40. The molecule has 3 heterocycles. The molecule has 0 spiro atoms. The first-order valence-electron chi connectivity index (χ1n) is 12.5. The Balaban J connectivity index is 1.65. The van der Waals surface area contributed by atoms with Gasteiger partial charge in [-0.3, -0.25) is 9.36 Å². The van der Waals surface area contributed by atoms with Gasteiger partial charge in [-0.25, -0.2) is 9.79 Å². The molecule has 40 heavy (non-hydrogen) atoms. The van der Waals surface area contributed by atoms with Crippen LogP contribution in [0.1, 0.15) is 24.1 Å². The van der Waals surface area contributed by atoms with Gasteiger partial charge < -0.3 is 14.5 Å². The molecule has 0 saturated heterocycles. The molecule has 1 N–H and O–H groups in total. The molecule has 2 aromatic heterocycles. The molecule has 1 aliphatic rings. The highest BCUT2D eigenvalue weighted by Crippen LogP contribution is 2.37. The van der Waals surface area contributed by atoms with E-state index in [2.05, 4.69) is 9.98 Å². The molecule has 7 nitrogen and oxygen atoms in total. The molecule has 5 aromatic rings. The van der Waals surface area contributed by atoms with Crippen LogP contribution in [0.5, 0.6) is 5.75 Å². The number of hydrogen-bond donors (Lipinski definition) is 1. The summed E-state index contributed by atoms with van der Waals surface area (Å²) in [5, 5.41) is 1.44. The Labute approximate surface area is 238 Å².